The van der Waals surface area contributed by atoms with Crippen LogP contribution in [0.5, 0.6) is 0 Å². The number of carbonyl (C=O) groups excluding carboxylic acids is 1. The molecule has 3 heteroatoms. The van der Waals surface area contributed by atoms with Crippen LogP contribution in [0, 0.1) is 5.92 Å². The summed E-state index contributed by atoms with van der Waals surface area (Å²) in [6.07, 6.45) is 6.50. The Morgan fingerprint density at radius 3 is 2.85 bits per heavy atom. The first-order valence-electron chi connectivity index (χ1n) is 4.92. The zero-order chi connectivity index (χ0) is 9.52. The largest absolute Gasteiger partial charge is 0.359 e. The van der Waals surface area contributed by atoms with E-state index < -0.39 is 0 Å². The zero-order valence-corrected chi connectivity index (χ0v) is 8.20. The summed E-state index contributed by atoms with van der Waals surface area (Å²) in [5.41, 5.74) is 0. The molecule has 2 atom stereocenters. The number of hydrogen-bond acceptors (Lipinski definition) is 3. The number of ether oxygens (including phenoxy) is 2. The van der Waals surface area contributed by atoms with Crippen LogP contribution in [0.4, 0.5) is 0 Å². The van der Waals surface area contributed by atoms with Gasteiger partial charge in [-0.2, -0.15) is 0 Å². The van der Waals surface area contributed by atoms with Gasteiger partial charge in [0.2, 0.25) is 0 Å². The lowest BCUT2D eigenvalue weighted by Gasteiger charge is -2.29. The van der Waals surface area contributed by atoms with Gasteiger partial charge >= 0.3 is 0 Å². The fourth-order valence-corrected chi connectivity index (χ4v) is 1.94. The van der Waals surface area contributed by atoms with E-state index in [4.69, 9.17) is 9.47 Å². The molecular formula is C10H18O3. The van der Waals surface area contributed by atoms with Crippen molar-refractivity contribution in [1.29, 1.82) is 0 Å². The molecule has 76 valence electrons. The molecule has 0 aromatic rings. The quantitative estimate of drug-likeness (QED) is 0.484. The molecule has 1 saturated carbocycles. The molecule has 0 heterocycles. The third-order valence-corrected chi connectivity index (χ3v) is 2.64. The number of rotatable bonds is 5. The Hall–Kier alpha value is -0.410. The lowest BCUT2D eigenvalue weighted by atomic mass is 9.85. The highest BCUT2D eigenvalue weighted by Gasteiger charge is 2.25. The van der Waals surface area contributed by atoms with E-state index in [-0.39, 0.29) is 6.10 Å². The zero-order valence-electron chi connectivity index (χ0n) is 8.20. The van der Waals surface area contributed by atoms with Crippen LogP contribution in [0.15, 0.2) is 0 Å². The van der Waals surface area contributed by atoms with Gasteiger partial charge in [-0.05, 0) is 18.8 Å². The molecule has 1 fully saturated rings. The number of methoxy groups -OCH3 is 1. The molecule has 0 saturated heterocycles. The molecule has 0 spiro atoms. The van der Waals surface area contributed by atoms with Crippen molar-refractivity contribution in [3.8, 4) is 0 Å². The Balaban J connectivity index is 2.32. The molecular weight excluding hydrogens is 168 g/mol. The molecule has 3 nitrogen and oxygen atoms in total. The van der Waals surface area contributed by atoms with E-state index in [9.17, 15) is 4.79 Å². The van der Waals surface area contributed by atoms with E-state index in [2.05, 4.69) is 0 Å². The van der Waals surface area contributed by atoms with E-state index in [1.54, 1.807) is 7.11 Å². The highest BCUT2D eigenvalue weighted by Crippen LogP contribution is 2.28. The van der Waals surface area contributed by atoms with E-state index >= 15 is 0 Å². The maximum atomic E-state index is 10.4. The maximum Gasteiger partial charge on any atom is 0.146 e. The number of carbonyl (C=O) groups is 1. The van der Waals surface area contributed by atoms with Gasteiger partial charge in [0.05, 0.1) is 6.10 Å². The highest BCUT2D eigenvalue weighted by molar-refractivity contribution is 5.49. The predicted octanol–water partition coefficient (Wildman–Crippen LogP) is 1.75. The Labute approximate surface area is 79.4 Å². The van der Waals surface area contributed by atoms with E-state index in [0.29, 0.717) is 19.1 Å². The molecule has 0 aromatic heterocycles. The van der Waals surface area contributed by atoms with Gasteiger partial charge in [-0.3, -0.25) is 0 Å². The molecule has 1 rings (SSSR count). The van der Waals surface area contributed by atoms with Crippen LogP contribution in [0.25, 0.3) is 0 Å². The first kappa shape index (κ1) is 10.7. The van der Waals surface area contributed by atoms with Crippen molar-refractivity contribution in [3.63, 3.8) is 0 Å². The first-order chi connectivity index (χ1) is 6.38. The van der Waals surface area contributed by atoms with Crippen LogP contribution in [0.1, 0.15) is 32.1 Å². The first-order valence-corrected chi connectivity index (χ1v) is 4.92. The molecule has 0 bridgehead atoms. The minimum absolute atomic E-state index is 0.235. The van der Waals surface area contributed by atoms with Crippen molar-refractivity contribution in [1.82, 2.24) is 0 Å². The van der Waals surface area contributed by atoms with Crippen LogP contribution in [-0.2, 0) is 14.3 Å². The molecule has 0 amide bonds. The molecule has 0 radical (unpaired) electrons. The van der Waals surface area contributed by atoms with Crippen LogP contribution in [0.3, 0.4) is 0 Å². The second kappa shape index (κ2) is 6.11. The van der Waals surface area contributed by atoms with Gasteiger partial charge < -0.3 is 14.3 Å². The van der Waals surface area contributed by atoms with Crippen molar-refractivity contribution in [3.05, 3.63) is 0 Å². The number of hydrogen-bond donors (Lipinski definition) is 0. The summed E-state index contributed by atoms with van der Waals surface area (Å²) in [6, 6.07) is 0. The standard InChI is InChI=1S/C10H18O3/c1-12-8-13-10-5-3-2-4-9(10)6-7-11/h7,9-10H,2-6,8H2,1H3/t9-,10+/m1/s1. The summed E-state index contributed by atoms with van der Waals surface area (Å²) in [6.45, 7) is 0.347. The minimum atomic E-state index is 0.235. The van der Waals surface area contributed by atoms with Gasteiger partial charge in [-0.25, -0.2) is 0 Å². The normalized spacial score (nSPS) is 28.7. The minimum Gasteiger partial charge on any atom is -0.359 e. The van der Waals surface area contributed by atoms with Gasteiger partial charge in [0.15, 0.2) is 0 Å². The molecule has 13 heavy (non-hydrogen) atoms. The smallest absolute Gasteiger partial charge is 0.146 e. The third-order valence-electron chi connectivity index (χ3n) is 2.64. The Morgan fingerprint density at radius 1 is 1.38 bits per heavy atom. The van der Waals surface area contributed by atoms with Crippen molar-refractivity contribution in [2.45, 2.75) is 38.2 Å². The average molecular weight is 186 g/mol. The summed E-state index contributed by atoms with van der Waals surface area (Å²) < 4.78 is 10.4. The monoisotopic (exact) mass is 186 g/mol. The van der Waals surface area contributed by atoms with E-state index in [0.717, 1.165) is 19.1 Å². The third kappa shape index (κ3) is 3.44. The second-order valence-corrected chi connectivity index (χ2v) is 3.56. The van der Waals surface area contributed by atoms with Crippen molar-refractivity contribution >= 4 is 6.29 Å². The van der Waals surface area contributed by atoms with Gasteiger partial charge in [-0.15, -0.1) is 0 Å². The van der Waals surface area contributed by atoms with E-state index in [1.807, 2.05) is 0 Å². The lowest BCUT2D eigenvalue weighted by Crippen LogP contribution is -2.28. The van der Waals surface area contributed by atoms with Crippen LogP contribution < -0.4 is 0 Å². The summed E-state index contributed by atoms with van der Waals surface area (Å²) in [5, 5.41) is 0. The molecule has 1 aliphatic rings. The van der Waals surface area contributed by atoms with Gasteiger partial charge in [0, 0.05) is 13.5 Å². The fourth-order valence-electron chi connectivity index (χ4n) is 1.94. The highest BCUT2D eigenvalue weighted by atomic mass is 16.7. The molecule has 0 aliphatic heterocycles. The topological polar surface area (TPSA) is 35.5 Å². The molecule has 0 N–H and O–H groups in total. The van der Waals surface area contributed by atoms with Crippen molar-refractivity contribution in [2.24, 2.45) is 5.92 Å². The summed E-state index contributed by atoms with van der Waals surface area (Å²) >= 11 is 0. The average Bonchev–Trinajstić information content (AvgIpc) is 2.17. The fraction of sp³-hybridized carbons (Fsp3) is 0.900. The molecule has 1 aliphatic carbocycles. The predicted molar refractivity (Wildman–Crippen MR) is 49.4 cm³/mol. The Bertz CT molecular complexity index is 147. The van der Waals surface area contributed by atoms with Gasteiger partial charge in [0.1, 0.15) is 13.1 Å². The van der Waals surface area contributed by atoms with Crippen LogP contribution in [0.2, 0.25) is 0 Å². The van der Waals surface area contributed by atoms with Gasteiger partial charge in [-0.1, -0.05) is 12.8 Å². The van der Waals surface area contributed by atoms with Crippen molar-refractivity contribution < 1.29 is 14.3 Å². The van der Waals surface area contributed by atoms with Crippen LogP contribution in [-0.4, -0.2) is 26.3 Å². The van der Waals surface area contributed by atoms with Crippen LogP contribution >= 0.6 is 0 Å². The SMILES string of the molecule is COCO[C@H]1CCCC[C@@H]1CC=O. The second-order valence-electron chi connectivity index (χ2n) is 3.56. The summed E-state index contributed by atoms with van der Waals surface area (Å²) in [4.78, 5) is 10.4. The molecule has 0 unspecified atom stereocenters. The maximum absolute atomic E-state index is 10.4. The summed E-state index contributed by atoms with van der Waals surface area (Å²) in [5.74, 6) is 0.418. The van der Waals surface area contributed by atoms with Crippen molar-refractivity contribution in [2.75, 3.05) is 13.9 Å². The molecule has 0 aromatic carbocycles. The Morgan fingerprint density at radius 2 is 2.15 bits per heavy atom. The summed E-state index contributed by atoms with van der Waals surface area (Å²) in [7, 11) is 1.62. The lowest BCUT2D eigenvalue weighted by molar-refractivity contribution is -0.118. The number of aldehydes is 1. The van der Waals surface area contributed by atoms with Gasteiger partial charge in [0.25, 0.3) is 0 Å². The Kier molecular flexibility index (Phi) is 5.01. The van der Waals surface area contributed by atoms with E-state index in [1.165, 1.54) is 12.8 Å².